The monoisotopic (exact) mass is 277 g/mol. The summed E-state index contributed by atoms with van der Waals surface area (Å²) in [5, 5.41) is 0. The van der Waals surface area contributed by atoms with Crippen molar-refractivity contribution in [2.75, 3.05) is 5.73 Å². The molecule has 0 atom stereocenters. The fourth-order valence-corrected chi connectivity index (χ4v) is 1.67. The second-order valence-electron chi connectivity index (χ2n) is 3.56. The van der Waals surface area contributed by atoms with Crippen LogP contribution in [0.2, 0.25) is 0 Å². The first-order valence-corrected chi connectivity index (χ1v) is 5.84. The number of aromatic nitrogens is 2. The van der Waals surface area contributed by atoms with Crippen molar-refractivity contribution in [1.29, 1.82) is 0 Å². The molecule has 1 aromatic carbocycles. The molecule has 4 heteroatoms. The number of halogens is 1. The van der Waals surface area contributed by atoms with Gasteiger partial charge in [-0.2, -0.15) is 0 Å². The number of aryl methyl sites for hydroxylation is 2. The van der Waals surface area contributed by atoms with Crippen LogP contribution in [0.5, 0.6) is 0 Å². The maximum atomic E-state index is 5.52. The first-order chi connectivity index (χ1) is 7.74. The lowest BCUT2D eigenvalue weighted by molar-refractivity contribution is 0.859. The molecule has 3 nitrogen and oxygen atoms in total. The summed E-state index contributed by atoms with van der Waals surface area (Å²) in [6.07, 6.45) is 5.06. The van der Waals surface area contributed by atoms with Crippen molar-refractivity contribution in [2.45, 2.75) is 12.8 Å². The predicted octanol–water partition coefficient (Wildman–Crippen LogP) is 2.61. The van der Waals surface area contributed by atoms with Crippen LogP contribution in [-0.2, 0) is 12.8 Å². The second-order valence-corrected chi connectivity index (χ2v) is 4.47. The molecule has 16 heavy (non-hydrogen) atoms. The molecule has 0 amide bonds. The number of hydrogen-bond acceptors (Lipinski definition) is 3. The van der Waals surface area contributed by atoms with Crippen LogP contribution in [-0.4, -0.2) is 9.97 Å². The number of anilines is 1. The molecule has 2 N–H and O–H groups in total. The van der Waals surface area contributed by atoms with Crippen LogP contribution in [0.3, 0.4) is 0 Å². The van der Waals surface area contributed by atoms with Gasteiger partial charge in [0.25, 0.3) is 0 Å². The summed E-state index contributed by atoms with van der Waals surface area (Å²) in [5.74, 6) is 0.831. The Kier molecular flexibility index (Phi) is 3.51. The molecule has 0 spiro atoms. The van der Waals surface area contributed by atoms with Gasteiger partial charge in [0.1, 0.15) is 5.82 Å². The second kappa shape index (κ2) is 5.07. The molecule has 0 aliphatic heterocycles. The van der Waals surface area contributed by atoms with Gasteiger partial charge in [0.05, 0.1) is 18.1 Å². The molecule has 0 saturated heterocycles. The van der Waals surface area contributed by atoms with Crippen LogP contribution in [0.25, 0.3) is 0 Å². The van der Waals surface area contributed by atoms with Crippen LogP contribution < -0.4 is 5.73 Å². The van der Waals surface area contributed by atoms with Crippen molar-refractivity contribution < 1.29 is 0 Å². The number of nitrogens with zero attached hydrogens (tertiary/aromatic N) is 2. The van der Waals surface area contributed by atoms with E-state index in [1.54, 1.807) is 12.4 Å². The zero-order chi connectivity index (χ0) is 11.4. The molecule has 2 aromatic rings. The van der Waals surface area contributed by atoms with E-state index in [-0.39, 0.29) is 0 Å². The quantitative estimate of drug-likeness (QED) is 0.938. The highest BCUT2D eigenvalue weighted by Crippen LogP contribution is 2.11. The van der Waals surface area contributed by atoms with Crippen LogP contribution in [0, 0.1) is 0 Å². The molecular weight excluding hydrogens is 266 g/mol. The summed E-state index contributed by atoms with van der Waals surface area (Å²) in [6, 6.07) is 8.28. The van der Waals surface area contributed by atoms with Crippen molar-refractivity contribution in [2.24, 2.45) is 0 Å². The maximum absolute atomic E-state index is 5.52. The van der Waals surface area contributed by atoms with Gasteiger partial charge in [0.2, 0.25) is 0 Å². The molecule has 1 heterocycles. The molecule has 0 bridgehead atoms. The molecule has 82 valence electrons. The van der Waals surface area contributed by atoms with Crippen molar-refractivity contribution in [3.8, 4) is 0 Å². The van der Waals surface area contributed by atoms with E-state index in [1.165, 1.54) is 5.56 Å². The Labute approximate surface area is 103 Å². The fourth-order valence-electron chi connectivity index (χ4n) is 1.40. The summed E-state index contributed by atoms with van der Waals surface area (Å²) < 4.78 is 1.10. The Morgan fingerprint density at radius 3 is 2.25 bits per heavy atom. The lowest BCUT2D eigenvalue weighted by Crippen LogP contribution is -1.99. The number of benzene rings is 1. The van der Waals surface area contributed by atoms with E-state index in [9.17, 15) is 0 Å². The molecule has 0 aliphatic carbocycles. The number of hydrogen-bond donors (Lipinski definition) is 1. The zero-order valence-corrected chi connectivity index (χ0v) is 10.3. The average Bonchev–Trinajstić information content (AvgIpc) is 2.30. The zero-order valence-electron chi connectivity index (χ0n) is 8.73. The average molecular weight is 278 g/mol. The van der Waals surface area contributed by atoms with Gasteiger partial charge in [-0.05, 0) is 24.1 Å². The van der Waals surface area contributed by atoms with E-state index in [2.05, 4.69) is 38.0 Å². The molecule has 0 saturated carbocycles. The summed E-state index contributed by atoms with van der Waals surface area (Å²) in [5.41, 5.74) is 7.41. The molecule has 0 fully saturated rings. The fraction of sp³-hybridized carbons (Fsp3) is 0.167. The van der Waals surface area contributed by atoms with Crippen LogP contribution in [0.1, 0.15) is 11.4 Å². The van der Waals surface area contributed by atoms with Gasteiger partial charge in [0, 0.05) is 10.9 Å². The van der Waals surface area contributed by atoms with Gasteiger partial charge in [-0.3, -0.25) is 0 Å². The van der Waals surface area contributed by atoms with Gasteiger partial charge in [-0.15, -0.1) is 0 Å². The summed E-state index contributed by atoms with van der Waals surface area (Å²) >= 11 is 3.41. The highest BCUT2D eigenvalue weighted by molar-refractivity contribution is 9.10. The Hall–Kier alpha value is -1.42. The third-order valence-corrected chi connectivity index (χ3v) is 2.80. The van der Waals surface area contributed by atoms with Gasteiger partial charge < -0.3 is 5.73 Å². The van der Waals surface area contributed by atoms with Crippen LogP contribution in [0.4, 0.5) is 5.69 Å². The van der Waals surface area contributed by atoms with E-state index in [0.29, 0.717) is 5.69 Å². The molecule has 0 unspecified atom stereocenters. The first kappa shape index (κ1) is 11.1. The van der Waals surface area contributed by atoms with Gasteiger partial charge in [-0.1, -0.05) is 28.1 Å². The number of nitrogens with two attached hydrogens (primary N) is 1. The number of nitrogen functional groups attached to an aromatic ring is 1. The predicted molar refractivity (Wildman–Crippen MR) is 68.0 cm³/mol. The highest BCUT2D eigenvalue weighted by Gasteiger charge is 1.98. The van der Waals surface area contributed by atoms with Crippen LogP contribution >= 0.6 is 15.9 Å². The van der Waals surface area contributed by atoms with E-state index < -0.39 is 0 Å². The van der Waals surface area contributed by atoms with Crippen molar-refractivity contribution in [3.05, 3.63) is 52.5 Å². The minimum absolute atomic E-state index is 0.604. The van der Waals surface area contributed by atoms with Gasteiger partial charge >= 0.3 is 0 Å². The minimum Gasteiger partial charge on any atom is -0.396 e. The van der Waals surface area contributed by atoms with Crippen molar-refractivity contribution >= 4 is 21.6 Å². The Bertz CT molecular complexity index is 405. The molecule has 1 aromatic heterocycles. The van der Waals surface area contributed by atoms with Crippen molar-refractivity contribution in [1.82, 2.24) is 9.97 Å². The van der Waals surface area contributed by atoms with E-state index in [4.69, 9.17) is 5.73 Å². The van der Waals surface area contributed by atoms with Crippen LogP contribution in [0.15, 0.2) is 41.1 Å². The standard InChI is InChI=1S/C12H12BrN3/c13-10-4-1-9(2-5-10)3-6-12-15-7-11(14)8-16-12/h1-2,4-5,7-8H,3,6,14H2. The summed E-state index contributed by atoms with van der Waals surface area (Å²) in [7, 11) is 0. The Balaban J connectivity index is 1.97. The van der Waals surface area contributed by atoms with E-state index in [1.807, 2.05) is 12.1 Å². The first-order valence-electron chi connectivity index (χ1n) is 5.05. The van der Waals surface area contributed by atoms with Gasteiger partial charge in [0.15, 0.2) is 0 Å². The lowest BCUT2D eigenvalue weighted by atomic mass is 10.1. The third-order valence-electron chi connectivity index (χ3n) is 2.28. The van der Waals surface area contributed by atoms with Gasteiger partial charge in [-0.25, -0.2) is 9.97 Å². The topological polar surface area (TPSA) is 51.8 Å². The van der Waals surface area contributed by atoms with E-state index in [0.717, 1.165) is 23.1 Å². The number of rotatable bonds is 3. The Morgan fingerprint density at radius 2 is 1.62 bits per heavy atom. The maximum Gasteiger partial charge on any atom is 0.128 e. The smallest absolute Gasteiger partial charge is 0.128 e. The highest BCUT2D eigenvalue weighted by atomic mass is 79.9. The van der Waals surface area contributed by atoms with Crippen molar-refractivity contribution in [3.63, 3.8) is 0 Å². The SMILES string of the molecule is Nc1cnc(CCc2ccc(Br)cc2)nc1. The Morgan fingerprint density at radius 1 is 1.00 bits per heavy atom. The molecule has 2 rings (SSSR count). The summed E-state index contributed by atoms with van der Waals surface area (Å²) in [6.45, 7) is 0. The molecular formula is C12H12BrN3. The normalized spacial score (nSPS) is 10.3. The molecule has 0 aliphatic rings. The van der Waals surface area contributed by atoms with E-state index >= 15 is 0 Å². The minimum atomic E-state index is 0.604. The lowest BCUT2D eigenvalue weighted by Gasteiger charge is -2.01. The third kappa shape index (κ3) is 3.03. The summed E-state index contributed by atoms with van der Waals surface area (Å²) in [4.78, 5) is 8.33. The molecule has 0 radical (unpaired) electrons. The largest absolute Gasteiger partial charge is 0.396 e.